The van der Waals surface area contributed by atoms with E-state index in [1.54, 1.807) is 20.1 Å². The van der Waals surface area contributed by atoms with Gasteiger partial charge in [0.25, 0.3) is 5.56 Å². The van der Waals surface area contributed by atoms with Crippen LogP contribution in [0.4, 0.5) is 0 Å². The Morgan fingerprint density at radius 3 is 2.61 bits per heavy atom. The number of rotatable bonds is 8. The molecule has 2 aromatic heterocycles. The van der Waals surface area contributed by atoms with Crippen molar-refractivity contribution in [2.45, 2.75) is 32.7 Å². The average Bonchev–Trinajstić information content (AvgIpc) is 3.45. The van der Waals surface area contributed by atoms with Gasteiger partial charge in [0.1, 0.15) is 23.6 Å². The Morgan fingerprint density at radius 1 is 1.16 bits per heavy atom. The second-order valence-electron chi connectivity index (χ2n) is 7.82. The summed E-state index contributed by atoms with van der Waals surface area (Å²) < 4.78 is 7.92. The number of nitrogens with one attached hydrogen (secondary N) is 1. The SMILES string of the molecule is COc1ccc(-c2cc3c(=O)n(CC(=O)NCCCN4CCCC4)nc(C)n3n2)cc1. The minimum Gasteiger partial charge on any atom is -0.497 e. The lowest BCUT2D eigenvalue weighted by atomic mass is 10.1. The number of ether oxygens (including phenoxy) is 1. The maximum absolute atomic E-state index is 12.9. The molecule has 0 bridgehead atoms. The zero-order valence-corrected chi connectivity index (χ0v) is 18.0. The van der Waals surface area contributed by atoms with Crippen LogP contribution in [0.5, 0.6) is 5.75 Å². The van der Waals surface area contributed by atoms with Crippen molar-refractivity contribution in [2.75, 3.05) is 33.3 Å². The number of hydrogen-bond donors (Lipinski definition) is 1. The third kappa shape index (κ3) is 4.77. The van der Waals surface area contributed by atoms with Gasteiger partial charge in [-0.25, -0.2) is 9.20 Å². The average molecular weight is 425 g/mol. The summed E-state index contributed by atoms with van der Waals surface area (Å²) in [5, 5.41) is 11.7. The van der Waals surface area contributed by atoms with Crippen molar-refractivity contribution in [3.8, 4) is 17.0 Å². The van der Waals surface area contributed by atoms with Crippen LogP contribution in [-0.2, 0) is 11.3 Å². The summed E-state index contributed by atoms with van der Waals surface area (Å²) in [6.07, 6.45) is 3.43. The Balaban J connectivity index is 1.44. The maximum atomic E-state index is 12.9. The Hall–Kier alpha value is -3.20. The van der Waals surface area contributed by atoms with Crippen molar-refractivity contribution in [3.63, 3.8) is 0 Å². The van der Waals surface area contributed by atoms with E-state index in [1.165, 1.54) is 22.0 Å². The van der Waals surface area contributed by atoms with E-state index in [1.807, 2.05) is 24.3 Å². The quantitative estimate of drug-likeness (QED) is 0.551. The first kappa shape index (κ1) is 21.0. The molecule has 9 heteroatoms. The van der Waals surface area contributed by atoms with Crippen molar-refractivity contribution >= 4 is 11.4 Å². The number of benzene rings is 1. The largest absolute Gasteiger partial charge is 0.497 e. The molecule has 164 valence electrons. The molecule has 4 rings (SSSR count). The summed E-state index contributed by atoms with van der Waals surface area (Å²) in [4.78, 5) is 27.6. The minimum absolute atomic E-state index is 0.108. The number of carbonyl (C=O) groups is 1. The predicted octanol–water partition coefficient (Wildman–Crippen LogP) is 1.48. The van der Waals surface area contributed by atoms with E-state index in [0.717, 1.165) is 37.4 Å². The third-order valence-electron chi connectivity index (χ3n) is 5.59. The fourth-order valence-electron chi connectivity index (χ4n) is 3.91. The first-order valence-corrected chi connectivity index (χ1v) is 10.7. The standard InChI is InChI=1S/C22H28N6O3/c1-16-24-27(15-21(29)23-10-5-13-26-11-3-4-12-26)22(30)20-14-19(25-28(16)20)17-6-8-18(31-2)9-7-17/h6-9,14H,3-5,10-13,15H2,1-2H3,(H,23,29). The number of carbonyl (C=O) groups excluding carboxylic acids is 1. The molecule has 1 amide bonds. The van der Waals surface area contributed by atoms with Gasteiger partial charge < -0.3 is 15.0 Å². The Morgan fingerprint density at radius 2 is 1.90 bits per heavy atom. The van der Waals surface area contributed by atoms with Crippen molar-refractivity contribution in [2.24, 2.45) is 0 Å². The van der Waals surface area contributed by atoms with Gasteiger partial charge in [-0.15, -0.1) is 0 Å². The number of nitrogens with zero attached hydrogens (tertiary/aromatic N) is 5. The van der Waals surface area contributed by atoms with Crippen LogP contribution in [0.2, 0.25) is 0 Å². The third-order valence-corrected chi connectivity index (χ3v) is 5.59. The highest BCUT2D eigenvalue weighted by atomic mass is 16.5. The minimum atomic E-state index is -0.343. The molecule has 9 nitrogen and oxygen atoms in total. The van der Waals surface area contributed by atoms with Crippen LogP contribution >= 0.6 is 0 Å². The van der Waals surface area contributed by atoms with Gasteiger partial charge in [-0.2, -0.15) is 10.2 Å². The van der Waals surface area contributed by atoms with Gasteiger partial charge in [-0.1, -0.05) is 0 Å². The predicted molar refractivity (Wildman–Crippen MR) is 117 cm³/mol. The summed E-state index contributed by atoms with van der Waals surface area (Å²) in [5.41, 5.74) is 1.57. The Labute approximate surface area is 180 Å². The molecule has 0 saturated carbocycles. The van der Waals surface area contributed by atoms with E-state index in [9.17, 15) is 9.59 Å². The highest BCUT2D eigenvalue weighted by Gasteiger charge is 2.15. The van der Waals surface area contributed by atoms with Crippen LogP contribution in [0, 0.1) is 6.92 Å². The molecular weight excluding hydrogens is 396 g/mol. The zero-order chi connectivity index (χ0) is 21.8. The lowest BCUT2D eigenvalue weighted by Gasteiger charge is -2.14. The second kappa shape index (κ2) is 9.30. The van der Waals surface area contributed by atoms with Crippen molar-refractivity contribution in [1.82, 2.24) is 29.6 Å². The molecule has 1 N–H and O–H groups in total. The summed E-state index contributed by atoms with van der Waals surface area (Å²) in [6.45, 7) is 5.55. The summed E-state index contributed by atoms with van der Waals surface area (Å²) in [6, 6.07) is 9.19. The van der Waals surface area contributed by atoms with Crippen molar-refractivity contribution in [3.05, 3.63) is 46.5 Å². The number of aromatic nitrogens is 4. The van der Waals surface area contributed by atoms with E-state index >= 15 is 0 Å². The molecular formula is C22H28N6O3. The normalized spacial score (nSPS) is 14.3. The Bertz CT molecular complexity index is 1110. The molecule has 1 fully saturated rings. The van der Waals surface area contributed by atoms with Crippen LogP contribution in [0.3, 0.4) is 0 Å². The van der Waals surface area contributed by atoms with Gasteiger partial charge >= 0.3 is 0 Å². The smallest absolute Gasteiger partial charge is 0.293 e. The molecule has 1 saturated heterocycles. The van der Waals surface area contributed by atoms with Crippen LogP contribution in [-0.4, -0.2) is 63.5 Å². The van der Waals surface area contributed by atoms with Crippen molar-refractivity contribution < 1.29 is 9.53 Å². The summed E-state index contributed by atoms with van der Waals surface area (Å²) in [7, 11) is 1.61. The summed E-state index contributed by atoms with van der Waals surface area (Å²) in [5.74, 6) is 1.07. The highest BCUT2D eigenvalue weighted by molar-refractivity contribution is 5.75. The maximum Gasteiger partial charge on any atom is 0.293 e. The van der Waals surface area contributed by atoms with Gasteiger partial charge in [0.15, 0.2) is 0 Å². The fourth-order valence-corrected chi connectivity index (χ4v) is 3.91. The van der Waals surface area contributed by atoms with E-state index in [0.29, 0.717) is 23.6 Å². The molecule has 3 aromatic rings. The molecule has 0 aliphatic carbocycles. The van der Waals surface area contributed by atoms with Crippen molar-refractivity contribution in [1.29, 1.82) is 0 Å². The first-order valence-electron chi connectivity index (χ1n) is 10.7. The van der Waals surface area contributed by atoms with Gasteiger partial charge in [0.05, 0.1) is 12.8 Å². The molecule has 0 atom stereocenters. The number of amides is 1. The van der Waals surface area contributed by atoms with Gasteiger partial charge in [-0.05, 0) is 76.2 Å². The second-order valence-corrected chi connectivity index (χ2v) is 7.82. The van der Waals surface area contributed by atoms with Gasteiger partial charge in [0, 0.05) is 12.1 Å². The lowest BCUT2D eigenvalue weighted by Crippen LogP contribution is -2.36. The van der Waals surface area contributed by atoms with E-state index < -0.39 is 0 Å². The molecule has 0 radical (unpaired) electrons. The molecule has 0 unspecified atom stereocenters. The monoisotopic (exact) mass is 424 g/mol. The number of fused-ring (bicyclic) bond motifs is 1. The molecule has 1 aromatic carbocycles. The van der Waals surface area contributed by atoms with E-state index in [2.05, 4.69) is 20.4 Å². The van der Waals surface area contributed by atoms with Gasteiger partial charge in [0.2, 0.25) is 5.91 Å². The molecule has 31 heavy (non-hydrogen) atoms. The number of aryl methyl sites for hydroxylation is 1. The zero-order valence-electron chi connectivity index (χ0n) is 18.0. The Kier molecular flexibility index (Phi) is 6.31. The highest BCUT2D eigenvalue weighted by Crippen LogP contribution is 2.21. The van der Waals surface area contributed by atoms with Crippen LogP contribution in [0.15, 0.2) is 35.1 Å². The molecule has 1 aliphatic rings. The fraction of sp³-hybridized carbons (Fsp3) is 0.455. The van der Waals surface area contributed by atoms with E-state index in [4.69, 9.17) is 4.74 Å². The molecule has 3 heterocycles. The number of hydrogen-bond acceptors (Lipinski definition) is 6. The molecule has 1 aliphatic heterocycles. The van der Waals surface area contributed by atoms with Crippen LogP contribution < -0.4 is 15.6 Å². The topological polar surface area (TPSA) is 93.8 Å². The van der Waals surface area contributed by atoms with E-state index in [-0.39, 0.29) is 18.0 Å². The lowest BCUT2D eigenvalue weighted by molar-refractivity contribution is -0.121. The van der Waals surface area contributed by atoms with Crippen LogP contribution in [0.25, 0.3) is 16.8 Å². The van der Waals surface area contributed by atoms with Gasteiger partial charge in [-0.3, -0.25) is 9.59 Å². The first-order chi connectivity index (χ1) is 15.0. The molecule has 0 spiro atoms. The number of methoxy groups -OCH3 is 1. The van der Waals surface area contributed by atoms with Crippen LogP contribution in [0.1, 0.15) is 25.1 Å². The summed E-state index contributed by atoms with van der Waals surface area (Å²) >= 11 is 0. The number of likely N-dealkylation sites (tertiary alicyclic amines) is 1.